The zero-order chi connectivity index (χ0) is 22.1. The van der Waals surface area contributed by atoms with Gasteiger partial charge in [-0.05, 0) is 30.2 Å². The minimum absolute atomic E-state index is 0.157. The Hall–Kier alpha value is -4.19. The number of nitrogen functional groups attached to an aromatic ring is 1. The maximum atomic E-state index is 13.1. The predicted octanol–water partition coefficient (Wildman–Crippen LogP) is 4.88. The number of aromatic nitrogens is 3. The highest BCUT2D eigenvalue weighted by Crippen LogP contribution is 2.29. The Labute approximate surface area is 185 Å². The molecule has 0 aliphatic carbocycles. The summed E-state index contributed by atoms with van der Waals surface area (Å²) in [4.78, 5) is 22.6. The molecule has 2 N–H and O–H groups in total. The van der Waals surface area contributed by atoms with Gasteiger partial charge in [-0.25, -0.2) is 14.8 Å². The van der Waals surface area contributed by atoms with Gasteiger partial charge in [0.2, 0.25) is 0 Å². The molecule has 0 unspecified atom stereocenters. The summed E-state index contributed by atoms with van der Waals surface area (Å²) in [6.45, 7) is 2.67. The first kappa shape index (κ1) is 19.8. The number of hydrogen-bond donors (Lipinski definition) is 1. The van der Waals surface area contributed by atoms with Gasteiger partial charge in [-0.2, -0.15) is 0 Å². The minimum atomic E-state index is -0.511. The van der Waals surface area contributed by atoms with Gasteiger partial charge in [0.05, 0.1) is 17.6 Å². The maximum absolute atomic E-state index is 13.1. The first-order chi connectivity index (χ1) is 15.6. The second-order valence-corrected chi connectivity index (χ2v) is 7.78. The van der Waals surface area contributed by atoms with E-state index in [4.69, 9.17) is 20.4 Å². The van der Waals surface area contributed by atoms with Crippen molar-refractivity contribution in [2.45, 2.75) is 20.1 Å². The van der Waals surface area contributed by atoms with Crippen LogP contribution < -0.4 is 5.73 Å². The van der Waals surface area contributed by atoms with E-state index >= 15 is 0 Å². The highest BCUT2D eigenvalue weighted by Gasteiger charge is 2.25. The number of carbonyl (C=O) groups excluding carboxylic acids is 1. The number of para-hydroxylation sites is 2. The fourth-order valence-electron chi connectivity index (χ4n) is 3.75. The molecule has 0 bridgehead atoms. The lowest BCUT2D eigenvalue weighted by molar-refractivity contribution is 0.0476. The van der Waals surface area contributed by atoms with E-state index in [-0.39, 0.29) is 12.2 Å². The van der Waals surface area contributed by atoms with Crippen molar-refractivity contribution < 1.29 is 9.53 Å². The molecule has 2 aromatic heterocycles. The van der Waals surface area contributed by atoms with E-state index in [0.717, 1.165) is 16.6 Å². The largest absolute Gasteiger partial charge is 0.457 e. The van der Waals surface area contributed by atoms with E-state index in [1.807, 2.05) is 90.4 Å². The third-order valence-electron chi connectivity index (χ3n) is 5.47. The summed E-state index contributed by atoms with van der Waals surface area (Å²) < 4.78 is 7.43. The second kappa shape index (κ2) is 8.15. The first-order valence-electron chi connectivity index (χ1n) is 10.4. The van der Waals surface area contributed by atoms with Crippen LogP contribution in [0.15, 0.2) is 78.9 Å². The van der Waals surface area contributed by atoms with Gasteiger partial charge in [0.25, 0.3) is 0 Å². The van der Waals surface area contributed by atoms with Crippen molar-refractivity contribution in [3.63, 3.8) is 0 Å². The van der Waals surface area contributed by atoms with Crippen molar-refractivity contribution in [1.29, 1.82) is 0 Å². The molecule has 5 rings (SSSR count). The third-order valence-corrected chi connectivity index (χ3v) is 5.47. The summed E-state index contributed by atoms with van der Waals surface area (Å²) in [7, 11) is 0. The number of benzene rings is 3. The van der Waals surface area contributed by atoms with E-state index in [2.05, 4.69) is 0 Å². The maximum Gasteiger partial charge on any atom is 0.344 e. The summed E-state index contributed by atoms with van der Waals surface area (Å²) in [5.41, 5.74) is 12.3. The molecule has 0 atom stereocenters. The number of rotatable bonds is 5. The normalized spacial score (nSPS) is 11.2. The molecule has 32 heavy (non-hydrogen) atoms. The van der Waals surface area contributed by atoms with Crippen LogP contribution >= 0.6 is 0 Å². The molecular formula is C26H22N4O2. The summed E-state index contributed by atoms with van der Waals surface area (Å²) in [5, 5.41) is 0. The number of ether oxygens (including phenoxy) is 1. The van der Waals surface area contributed by atoms with Crippen LogP contribution in [0.25, 0.3) is 22.2 Å². The van der Waals surface area contributed by atoms with Gasteiger partial charge >= 0.3 is 5.97 Å². The Morgan fingerprint density at radius 2 is 1.53 bits per heavy atom. The molecule has 158 valence electrons. The molecule has 2 heterocycles. The number of anilines is 1. The smallest absolute Gasteiger partial charge is 0.344 e. The molecule has 0 radical (unpaired) electrons. The van der Waals surface area contributed by atoms with Crippen molar-refractivity contribution in [1.82, 2.24) is 14.5 Å². The van der Waals surface area contributed by atoms with E-state index in [9.17, 15) is 4.79 Å². The number of aryl methyl sites for hydroxylation is 1. The van der Waals surface area contributed by atoms with E-state index in [0.29, 0.717) is 29.0 Å². The molecule has 0 fully saturated rings. The molecular weight excluding hydrogens is 400 g/mol. The number of nitrogens with two attached hydrogens (primary N) is 1. The van der Waals surface area contributed by atoms with Gasteiger partial charge in [0, 0.05) is 0 Å². The average Bonchev–Trinajstić information content (AvgIpc) is 3.08. The fourth-order valence-corrected chi connectivity index (χ4v) is 3.75. The van der Waals surface area contributed by atoms with Crippen LogP contribution in [0.1, 0.15) is 27.0 Å². The number of hydrogen-bond acceptors (Lipinski definition) is 5. The van der Waals surface area contributed by atoms with E-state index in [1.54, 1.807) is 0 Å². The van der Waals surface area contributed by atoms with Crippen molar-refractivity contribution in [2.24, 2.45) is 0 Å². The summed E-state index contributed by atoms with van der Waals surface area (Å²) in [6.07, 6.45) is 0. The van der Waals surface area contributed by atoms with Crippen molar-refractivity contribution in [3.05, 3.63) is 101 Å². The van der Waals surface area contributed by atoms with Gasteiger partial charge in [-0.1, -0.05) is 72.3 Å². The summed E-state index contributed by atoms with van der Waals surface area (Å²) in [6, 6.07) is 25.3. The van der Waals surface area contributed by atoms with E-state index < -0.39 is 5.97 Å². The third kappa shape index (κ3) is 3.67. The predicted molar refractivity (Wildman–Crippen MR) is 125 cm³/mol. The van der Waals surface area contributed by atoms with E-state index in [1.165, 1.54) is 5.56 Å². The lowest BCUT2D eigenvalue weighted by Crippen LogP contribution is -2.10. The lowest BCUT2D eigenvalue weighted by Gasteiger charge is -2.09. The molecule has 6 heteroatoms. The summed E-state index contributed by atoms with van der Waals surface area (Å²) >= 11 is 0. The fraction of sp³-hybridized carbons (Fsp3) is 0.115. The number of nitrogens with zero attached hydrogens (tertiary/aromatic N) is 3. The van der Waals surface area contributed by atoms with Crippen LogP contribution in [0, 0.1) is 6.92 Å². The zero-order valence-corrected chi connectivity index (χ0v) is 17.7. The van der Waals surface area contributed by atoms with Crippen LogP contribution in [0.5, 0.6) is 0 Å². The monoisotopic (exact) mass is 422 g/mol. The quantitative estimate of drug-likeness (QED) is 0.408. The number of fused-ring (bicyclic) bond motifs is 2. The van der Waals surface area contributed by atoms with Crippen LogP contribution in [0.3, 0.4) is 0 Å². The van der Waals surface area contributed by atoms with Gasteiger partial charge in [-0.15, -0.1) is 0 Å². The topological polar surface area (TPSA) is 83.0 Å². The molecule has 3 aromatic carbocycles. The highest BCUT2D eigenvalue weighted by atomic mass is 16.5. The van der Waals surface area contributed by atoms with Gasteiger partial charge in [0.15, 0.2) is 5.65 Å². The average molecular weight is 422 g/mol. The standard InChI is InChI=1S/C26H22N4O2/c1-17-11-13-18(14-12-17)15-30-24(27)22(26(31)32-16-19-7-3-2-4-8-19)23-25(30)29-21-10-6-5-9-20(21)28-23/h2-14H,15-16,27H2,1H3. The van der Waals surface area contributed by atoms with Crippen LogP contribution in [0.4, 0.5) is 5.82 Å². The summed E-state index contributed by atoms with van der Waals surface area (Å²) in [5.74, 6) is -0.211. The molecule has 0 aliphatic heterocycles. The molecule has 0 amide bonds. The molecule has 0 saturated carbocycles. The highest BCUT2D eigenvalue weighted by molar-refractivity contribution is 6.08. The number of esters is 1. The Bertz CT molecular complexity index is 1420. The number of carbonyl (C=O) groups is 1. The Morgan fingerprint density at radius 3 is 2.25 bits per heavy atom. The van der Waals surface area contributed by atoms with Crippen molar-refractivity contribution >= 4 is 34.0 Å². The molecule has 0 spiro atoms. The van der Waals surface area contributed by atoms with Gasteiger partial charge in [-0.3, -0.25) is 0 Å². The van der Waals surface area contributed by atoms with Crippen molar-refractivity contribution in [3.8, 4) is 0 Å². The second-order valence-electron chi connectivity index (χ2n) is 7.78. The Kier molecular flexibility index (Phi) is 5.03. The van der Waals surface area contributed by atoms with Gasteiger partial charge < -0.3 is 15.0 Å². The minimum Gasteiger partial charge on any atom is -0.457 e. The van der Waals surface area contributed by atoms with Crippen molar-refractivity contribution in [2.75, 3.05) is 5.73 Å². The SMILES string of the molecule is Cc1ccc(Cn2c(N)c(C(=O)OCc3ccccc3)c3nc4ccccc4nc32)cc1. The van der Waals surface area contributed by atoms with Crippen LogP contribution in [-0.2, 0) is 17.9 Å². The molecule has 0 aliphatic rings. The molecule has 5 aromatic rings. The Morgan fingerprint density at radius 1 is 0.875 bits per heavy atom. The zero-order valence-electron chi connectivity index (χ0n) is 17.7. The first-order valence-corrected chi connectivity index (χ1v) is 10.4. The van der Waals surface area contributed by atoms with Crippen LogP contribution in [-0.4, -0.2) is 20.5 Å². The van der Waals surface area contributed by atoms with Gasteiger partial charge in [0.1, 0.15) is 23.5 Å². The molecule has 6 nitrogen and oxygen atoms in total. The lowest BCUT2D eigenvalue weighted by atomic mass is 10.1. The van der Waals surface area contributed by atoms with Crippen LogP contribution in [0.2, 0.25) is 0 Å². The Balaban J connectivity index is 1.60. The molecule has 0 saturated heterocycles.